The molecule has 8 heteroatoms. The highest BCUT2D eigenvalue weighted by Crippen LogP contribution is 2.68. The van der Waals surface area contributed by atoms with E-state index in [1.54, 1.807) is 16.7 Å². The van der Waals surface area contributed by atoms with Gasteiger partial charge in [0, 0.05) is 18.3 Å². The van der Waals surface area contributed by atoms with Crippen molar-refractivity contribution in [1.29, 1.82) is 0 Å². The fourth-order valence-corrected chi connectivity index (χ4v) is 8.53. The molecule has 1 spiro atoms. The number of fused-ring (bicyclic) bond motifs is 1. The molecule has 0 aromatic heterocycles. The lowest BCUT2D eigenvalue weighted by molar-refractivity contribution is -0.143. The van der Waals surface area contributed by atoms with Crippen LogP contribution in [0.25, 0.3) is 0 Å². The molecule has 3 aliphatic heterocycles. The Hall–Kier alpha value is -1.28. The van der Waals surface area contributed by atoms with Gasteiger partial charge in [-0.15, -0.1) is 11.8 Å². The van der Waals surface area contributed by atoms with Gasteiger partial charge in [0.2, 0.25) is 17.7 Å². The van der Waals surface area contributed by atoms with Gasteiger partial charge >= 0.3 is 0 Å². The number of carbonyl (C=O) groups excluding carboxylic acids is 3. The zero-order valence-electron chi connectivity index (χ0n) is 20.2. The molecule has 3 rings (SSSR count). The minimum Gasteiger partial charge on any atom is -0.394 e. The van der Waals surface area contributed by atoms with Crippen LogP contribution in [-0.4, -0.2) is 69.5 Å². The van der Waals surface area contributed by atoms with Crippen LogP contribution >= 0.6 is 11.8 Å². The Morgan fingerprint density at radius 1 is 1.19 bits per heavy atom. The maximum Gasteiger partial charge on any atom is 0.244 e. The SMILES string of the molecule is CCCCNC(=O)C1N([C@@H](CO)CC(C)C)C(=O)[C@@H]2[C@@H](C(=O)NCCC)[C@H]3CC(C)C12S3. The second-order valence-electron chi connectivity index (χ2n) is 10.2. The van der Waals surface area contributed by atoms with E-state index in [2.05, 4.69) is 38.3 Å². The van der Waals surface area contributed by atoms with Gasteiger partial charge in [0.15, 0.2) is 0 Å². The van der Waals surface area contributed by atoms with Crippen molar-refractivity contribution in [2.24, 2.45) is 23.7 Å². The van der Waals surface area contributed by atoms with Crippen molar-refractivity contribution in [3.63, 3.8) is 0 Å². The first-order valence-corrected chi connectivity index (χ1v) is 13.3. The maximum absolute atomic E-state index is 14.0. The molecule has 3 saturated heterocycles. The van der Waals surface area contributed by atoms with E-state index >= 15 is 0 Å². The third-order valence-corrected chi connectivity index (χ3v) is 9.54. The fourth-order valence-electron chi connectivity index (χ4n) is 6.12. The second kappa shape index (κ2) is 10.3. The maximum atomic E-state index is 14.0. The Labute approximate surface area is 196 Å². The summed E-state index contributed by atoms with van der Waals surface area (Å²) in [7, 11) is 0. The highest BCUT2D eigenvalue weighted by molar-refractivity contribution is 8.02. The van der Waals surface area contributed by atoms with Crippen molar-refractivity contribution in [3.8, 4) is 0 Å². The smallest absolute Gasteiger partial charge is 0.244 e. The van der Waals surface area contributed by atoms with Gasteiger partial charge in [0.1, 0.15) is 6.04 Å². The van der Waals surface area contributed by atoms with Gasteiger partial charge in [-0.1, -0.05) is 41.0 Å². The van der Waals surface area contributed by atoms with Crippen molar-refractivity contribution >= 4 is 29.5 Å². The molecule has 0 aromatic carbocycles. The van der Waals surface area contributed by atoms with E-state index in [4.69, 9.17) is 0 Å². The summed E-state index contributed by atoms with van der Waals surface area (Å²) < 4.78 is -0.614. The minimum atomic E-state index is -0.651. The van der Waals surface area contributed by atoms with E-state index in [9.17, 15) is 19.5 Å². The number of unbranched alkanes of at least 4 members (excludes halogenated alkanes) is 1. The number of rotatable bonds is 11. The number of amides is 3. The van der Waals surface area contributed by atoms with Crippen LogP contribution in [0.1, 0.15) is 66.7 Å². The van der Waals surface area contributed by atoms with Crippen LogP contribution in [0.5, 0.6) is 0 Å². The molecule has 3 fully saturated rings. The number of carbonyl (C=O) groups is 3. The van der Waals surface area contributed by atoms with Crippen LogP contribution in [-0.2, 0) is 14.4 Å². The van der Waals surface area contributed by atoms with E-state index in [1.165, 1.54) is 0 Å². The van der Waals surface area contributed by atoms with E-state index < -0.39 is 28.7 Å². The minimum absolute atomic E-state index is 0.0570. The molecular formula is C24H41N3O4S. The highest BCUT2D eigenvalue weighted by Gasteiger charge is 2.76. The zero-order chi connectivity index (χ0) is 23.6. The molecule has 3 amide bonds. The Morgan fingerprint density at radius 2 is 1.88 bits per heavy atom. The second-order valence-corrected chi connectivity index (χ2v) is 11.7. The molecule has 2 bridgehead atoms. The lowest BCUT2D eigenvalue weighted by atomic mass is 9.66. The van der Waals surface area contributed by atoms with Crippen LogP contribution < -0.4 is 10.6 Å². The van der Waals surface area contributed by atoms with Gasteiger partial charge in [-0.25, -0.2) is 0 Å². The monoisotopic (exact) mass is 467 g/mol. The largest absolute Gasteiger partial charge is 0.394 e. The Bertz CT molecular complexity index is 717. The summed E-state index contributed by atoms with van der Waals surface area (Å²) in [5, 5.41) is 16.4. The summed E-state index contributed by atoms with van der Waals surface area (Å²) in [6.07, 6.45) is 4.15. The predicted molar refractivity (Wildman–Crippen MR) is 127 cm³/mol. The molecule has 0 aromatic rings. The molecule has 32 heavy (non-hydrogen) atoms. The van der Waals surface area contributed by atoms with Crippen LogP contribution in [0.2, 0.25) is 0 Å². The van der Waals surface area contributed by atoms with Gasteiger partial charge in [0.25, 0.3) is 0 Å². The van der Waals surface area contributed by atoms with Gasteiger partial charge in [-0.05, 0) is 37.5 Å². The Balaban J connectivity index is 2.02. The third kappa shape index (κ3) is 4.17. The van der Waals surface area contributed by atoms with Gasteiger partial charge < -0.3 is 20.6 Å². The van der Waals surface area contributed by atoms with E-state index in [0.717, 1.165) is 25.7 Å². The molecule has 7 atom stereocenters. The molecule has 0 aliphatic carbocycles. The Morgan fingerprint density at radius 3 is 2.47 bits per heavy atom. The summed E-state index contributed by atoms with van der Waals surface area (Å²) in [6.45, 7) is 11.3. The summed E-state index contributed by atoms with van der Waals surface area (Å²) in [4.78, 5) is 42.4. The van der Waals surface area contributed by atoms with E-state index in [1.807, 2.05) is 6.92 Å². The van der Waals surface area contributed by atoms with Crippen LogP contribution in [0.15, 0.2) is 0 Å². The first-order chi connectivity index (χ1) is 15.2. The van der Waals surface area contributed by atoms with Crippen molar-refractivity contribution in [2.75, 3.05) is 19.7 Å². The average molecular weight is 468 g/mol. The highest BCUT2D eigenvalue weighted by atomic mass is 32.2. The number of likely N-dealkylation sites (tertiary alicyclic amines) is 1. The first-order valence-electron chi connectivity index (χ1n) is 12.4. The van der Waals surface area contributed by atoms with Gasteiger partial charge in [-0.2, -0.15) is 0 Å². The standard InChI is InChI=1S/C24H41N3O4S/c1-6-8-10-26-22(30)20-24-15(5)12-17(32-24)18(21(29)25-9-7-2)19(24)23(31)27(20)16(13-28)11-14(3)4/h14-20,28H,6-13H2,1-5H3,(H,25,29)(H,26,30)/t15?,16-,17-,18+,19+,20?,24?/m1/s1. The normalized spacial score (nSPS) is 34.2. The number of hydrogen-bond acceptors (Lipinski definition) is 5. The molecular weight excluding hydrogens is 426 g/mol. The molecule has 3 heterocycles. The molecule has 7 nitrogen and oxygen atoms in total. The van der Waals surface area contributed by atoms with Crippen LogP contribution in [0.4, 0.5) is 0 Å². The summed E-state index contributed by atoms with van der Waals surface area (Å²) >= 11 is 1.69. The molecule has 0 saturated carbocycles. The number of aliphatic hydroxyl groups is 1. The summed E-state index contributed by atoms with van der Waals surface area (Å²) in [5.74, 6) is -0.831. The topological polar surface area (TPSA) is 98.7 Å². The fraction of sp³-hybridized carbons (Fsp3) is 0.875. The predicted octanol–water partition coefficient (Wildman–Crippen LogP) is 2.17. The molecule has 182 valence electrons. The molecule has 3 N–H and O–H groups in total. The number of nitrogens with zero attached hydrogens (tertiary/aromatic N) is 1. The number of nitrogens with one attached hydrogen (secondary N) is 2. The summed E-state index contributed by atoms with van der Waals surface area (Å²) in [6, 6.07) is -1.07. The van der Waals surface area contributed by atoms with Crippen molar-refractivity contribution < 1.29 is 19.5 Å². The number of hydrogen-bond donors (Lipinski definition) is 3. The van der Waals surface area contributed by atoms with Gasteiger partial charge in [0.05, 0.1) is 29.2 Å². The quantitative estimate of drug-likeness (QED) is 0.405. The molecule has 3 unspecified atom stereocenters. The van der Waals surface area contributed by atoms with E-state index in [-0.39, 0.29) is 41.4 Å². The van der Waals surface area contributed by atoms with Crippen molar-refractivity contribution in [2.45, 2.75) is 88.8 Å². The average Bonchev–Trinajstić information content (AvgIpc) is 3.34. The lowest BCUT2D eigenvalue weighted by Gasteiger charge is -2.40. The zero-order valence-corrected chi connectivity index (χ0v) is 21.0. The van der Waals surface area contributed by atoms with Crippen LogP contribution in [0, 0.1) is 23.7 Å². The van der Waals surface area contributed by atoms with Crippen molar-refractivity contribution in [1.82, 2.24) is 15.5 Å². The number of aliphatic hydroxyl groups excluding tert-OH is 1. The lowest BCUT2D eigenvalue weighted by Crippen LogP contribution is -2.58. The number of thioether (sulfide) groups is 1. The first kappa shape index (κ1) is 25.3. The van der Waals surface area contributed by atoms with Crippen LogP contribution in [0.3, 0.4) is 0 Å². The van der Waals surface area contributed by atoms with E-state index in [0.29, 0.717) is 19.5 Å². The molecule has 3 aliphatic rings. The van der Waals surface area contributed by atoms with Gasteiger partial charge in [-0.3, -0.25) is 14.4 Å². The Kier molecular flexibility index (Phi) is 8.18. The summed E-state index contributed by atoms with van der Waals surface area (Å²) in [5.41, 5.74) is 0. The molecule has 0 radical (unpaired) electrons. The third-order valence-electron chi connectivity index (χ3n) is 7.46. The van der Waals surface area contributed by atoms with Crippen molar-refractivity contribution in [3.05, 3.63) is 0 Å².